The molecule has 7 heteroatoms. The van der Waals surface area contributed by atoms with E-state index >= 15 is 0 Å². The van der Waals surface area contributed by atoms with Gasteiger partial charge < -0.3 is 0 Å². The number of nitriles is 2. The molecular weight excluding hydrogens is 294 g/mol. The quantitative estimate of drug-likeness (QED) is 0.934. The summed E-state index contributed by atoms with van der Waals surface area (Å²) in [5, 5.41) is 17.5. The van der Waals surface area contributed by atoms with Crippen LogP contribution >= 0.6 is 11.3 Å². The summed E-state index contributed by atoms with van der Waals surface area (Å²) in [6, 6.07) is 13.5. The van der Waals surface area contributed by atoms with E-state index in [1.807, 2.05) is 12.1 Å². The second-order valence-electron chi connectivity index (χ2n) is 3.87. The van der Waals surface area contributed by atoms with E-state index in [0.29, 0.717) is 16.0 Å². The van der Waals surface area contributed by atoms with Gasteiger partial charge in [-0.2, -0.15) is 10.5 Å². The zero-order valence-corrected chi connectivity index (χ0v) is 11.8. The van der Waals surface area contributed by atoms with Gasteiger partial charge >= 0.3 is 0 Å². The summed E-state index contributed by atoms with van der Waals surface area (Å²) in [4.78, 5) is 0.344. The molecule has 0 radical (unpaired) electrons. The van der Waals surface area contributed by atoms with Crippen molar-refractivity contribution in [1.29, 1.82) is 10.5 Å². The summed E-state index contributed by atoms with van der Waals surface area (Å²) in [5.74, 6) is 0. The Morgan fingerprint density at radius 2 is 1.95 bits per heavy atom. The molecule has 2 rings (SSSR count). The molecule has 0 saturated carbocycles. The molecule has 0 fully saturated rings. The van der Waals surface area contributed by atoms with Crippen LogP contribution in [0.5, 0.6) is 0 Å². The lowest BCUT2D eigenvalue weighted by atomic mass is 10.1. The monoisotopic (exact) mass is 303 g/mol. The van der Waals surface area contributed by atoms with E-state index in [1.165, 1.54) is 12.1 Å². The standard InChI is InChI=1S/C13H9N3O2S2/c14-7-10-2-1-3-11(6-10)9-16-20(17,18)13-5-4-12(8-15)19-13/h1-6,16H,9H2. The third-order valence-corrected chi connectivity index (χ3v) is 5.36. The van der Waals surface area contributed by atoms with Gasteiger partial charge in [0.15, 0.2) is 0 Å². The first kappa shape index (κ1) is 14.2. The molecule has 2 aromatic rings. The summed E-state index contributed by atoms with van der Waals surface area (Å²) in [5.41, 5.74) is 1.18. The highest BCUT2D eigenvalue weighted by atomic mass is 32.2. The first-order valence-corrected chi connectivity index (χ1v) is 7.84. The summed E-state index contributed by atoms with van der Waals surface area (Å²) >= 11 is 0.919. The average Bonchev–Trinajstić information content (AvgIpc) is 2.95. The number of hydrogen-bond donors (Lipinski definition) is 1. The predicted molar refractivity (Wildman–Crippen MR) is 74.2 cm³/mol. The Morgan fingerprint density at radius 1 is 1.15 bits per heavy atom. The number of nitrogens with one attached hydrogen (secondary N) is 1. The summed E-state index contributed by atoms with van der Waals surface area (Å²) in [6.45, 7) is 0.0949. The molecule has 0 aliphatic heterocycles. The Kier molecular flexibility index (Phi) is 4.16. The Hall–Kier alpha value is -2.19. The molecule has 5 nitrogen and oxygen atoms in total. The van der Waals surface area contributed by atoms with Crippen molar-refractivity contribution >= 4 is 21.4 Å². The molecule has 100 valence electrons. The Balaban J connectivity index is 2.13. The van der Waals surface area contributed by atoms with E-state index in [2.05, 4.69) is 4.72 Å². The molecular formula is C13H9N3O2S2. The number of benzene rings is 1. The van der Waals surface area contributed by atoms with E-state index in [4.69, 9.17) is 10.5 Å². The van der Waals surface area contributed by atoms with Crippen LogP contribution in [0.2, 0.25) is 0 Å². The topological polar surface area (TPSA) is 93.8 Å². The molecule has 20 heavy (non-hydrogen) atoms. The lowest BCUT2D eigenvalue weighted by Gasteiger charge is -2.05. The third kappa shape index (κ3) is 3.22. The Morgan fingerprint density at radius 3 is 2.60 bits per heavy atom. The maximum atomic E-state index is 12.0. The second kappa shape index (κ2) is 5.85. The van der Waals surface area contributed by atoms with E-state index < -0.39 is 10.0 Å². The van der Waals surface area contributed by atoms with Gasteiger partial charge in [0.25, 0.3) is 0 Å². The van der Waals surface area contributed by atoms with Crippen LogP contribution in [0, 0.1) is 22.7 Å². The van der Waals surface area contributed by atoms with Crippen LogP contribution in [0.3, 0.4) is 0 Å². The first-order valence-electron chi connectivity index (χ1n) is 5.54. The minimum Gasteiger partial charge on any atom is -0.206 e. The fourth-order valence-electron chi connectivity index (χ4n) is 1.52. The van der Waals surface area contributed by atoms with Crippen molar-refractivity contribution in [3.8, 4) is 12.1 Å². The fraction of sp³-hybridized carbons (Fsp3) is 0.0769. The van der Waals surface area contributed by atoms with Crippen LogP contribution in [-0.2, 0) is 16.6 Å². The van der Waals surface area contributed by atoms with Crippen molar-refractivity contribution in [1.82, 2.24) is 4.72 Å². The van der Waals surface area contributed by atoms with Gasteiger partial charge in [0.2, 0.25) is 10.0 Å². The number of hydrogen-bond acceptors (Lipinski definition) is 5. The van der Waals surface area contributed by atoms with E-state index in [9.17, 15) is 8.42 Å². The fourth-order valence-corrected chi connectivity index (χ4v) is 3.69. The van der Waals surface area contributed by atoms with Crippen molar-refractivity contribution in [2.24, 2.45) is 0 Å². The molecule has 0 atom stereocenters. The van der Waals surface area contributed by atoms with Crippen molar-refractivity contribution in [2.75, 3.05) is 0 Å². The van der Waals surface area contributed by atoms with Crippen LogP contribution in [0.25, 0.3) is 0 Å². The molecule has 0 unspecified atom stereocenters. The van der Waals surface area contributed by atoms with E-state index in [1.54, 1.807) is 24.3 Å². The van der Waals surface area contributed by atoms with E-state index in [0.717, 1.165) is 11.3 Å². The summed E-state index contributed by atoms with van der Waals surface area (Å²) in [7, 11) is -3.63. The molecule has 1 N–H and O–H groups in total. The van der Waals surface area contributed by atoms with Gasteiger partial charge in [-0.1, -0.05) is 12.1 Å². The maximum absolute atomic E-state index is 12.0. The summed E-state index contributed by atoms with van der Waals surface area (Å²) in [6.07, 6.45) is 0. The molecule has 0 bridgehead atoms. The molecule has 0 aliphatic rings. The second-order valence-corrected chi connectivity index (χ2v) is 6.94. The zero-order valence-electron chi connectivity index (χ0n) is 10.2. The van der Waals surface area contributed by atoms with Crippen LogP contribution in [-0.4, -0.2) is 8.42 Å². The minimum atomic E-state index is -3.63. The highest BCUT2D eigenvalue weighted by molar-refractivity contribution is 7.91. The largest absolute Gasteiger partial charge is 0.250 e. The number of rotatable bonds is 4. The minimum absolute atomic E-state index is 0.0949. The maximum Gasteiger partial charge on any atom is 0.250 e. The molecule has 1 aromatic heterocycles. The van der Waals surface area contributed by atoms with Crippen molar-refractivity contribution in [2.45, 2.75) is 10.8 Å². The van der Waals surface area contributed by atoms with Crippen LogP contribution in [0.1, 0.15) is 16.0 Å². The lowest BCUT2D eigenvalue weighted by molar-refractivity contribution is 0.583. The van der Waals surface area contributed by atoms with Crippen LogP contribution < -0.4 is 4.72 Å². The van der Waals surface area contributed by atoms with Crippen molar-refractivity contribution in [3.63, 3.8) is 0 Å². The van der Waals surface area contributed by atoms with Gasteiger partial charge in [-0.25, -0.2) is 13.1 Å². The van der Waals surface area contributed by atoms with Gasteiger partial charge in [-0.3, -0.25) is 0 Å². The van der Waals surface area contributed by atoms with Gasteiger partial charge in [-0.05, 0) is 29.8 Å². The first-order chi connectivity index (χ1) is 9.55. The Labute approximate surface area is 120 Å². The molecule has 0 amide bonds. The molecule has 0 saturated heterocycles. The van der Waals surface area contributed by atoms with Crippen molar-refractivity contribution < 1.29 is 8.42 Å². The predicted octanol–water partition coefficient (Wildman–Crippen LogP) is 1.97. The number of sulfonamides is 1. The molecule has 1 aromatic carbocycles. The SMILES string of the molecule is N#Cc1cccc(CNS(=O)(=O)c2ccc(C#N)s2)c1. The number of thiophene rings is 1. The van der Waals surface area contributed by atoms with Gasteiger partial charge in [0, 0.05) is 6.54 Å². The average molecular weight is 303 g/mol. The molecule has 0 spiro atoms. The normalized spacial score (nSPS) is 10.7. The van der Waals surface area contributed by atoms with Crippen LogP contribution in [0.4, 0.5) is 0 Å². The lowest BCUT2D eigenvalue weighted by Crippen LogP contribution is -2.22. The van der Waals surface area contributed by atoms with Crippen LogP contribution in [0.15, 0.2) is 40.6 Å². The highest BCUT2D eigenvalue weighted by Crippen LogP contribution is 2.20. The molecule has 0 aliphatic carbocycles. The molecule has 1 heterocycles. The Bertz CT molecular complexity index is 811. The van der Waals surface area contributed by atoms with Gasteiger partial charge in [0.1, 0.15) is 15.2 Å². The number of nitrogens with zero attached hydrogens (tertiary/aromatic N) is 2. The summed E-state index contributed by atoms with van der Waals surface area (Å²) < 4.78 is 26.6. The van der Waals surface area contributed by atoms with Gasteiger partial charge in [0.05, 0.1) is 11.6 Å². The smallest absolute Gasteiger partial charge is 0.206 e. The van der Waals surface area contributed by atoms with Gasteiger partial charge in [-0.15, -0.1) is 11.3 Å². The van der Waals surface area contributed by atoms with Crippen molar-refractivity contribution in [3.05, 3.63) is 52.4 Å². The highest BCUT2D eigenvalue weighted by Gasteiger charge is 2.16. The third-order valence-electron chi connectivity index (χ3n) is 2.48. The zero-order chi connectivity index (χ0) is 14.6. The van der Waals surface area contributed by atoms with E-state index in [-0.39, 0.29) is 10.8 Å².